The Morgan fingerprint density at radius 2 is 2.11 bits per heavy atom. The Kier molecular flexibility index (Phi) is 5.70. The number of aromatic nitrogens is 1. The van der Waals surface area contributed by atoms with E-state index in [1.807, 2.05) is 12.1 Å². The molecule has 0 fully saturated rings. The number of nitrogens with zero attached hydrogens (tertiary/aromatic N) is 1. The maximum atomic E-state index is 6.17. The third-order valence-corrected chi connectivity index (χ3v) is 3.58. The van der Waals surface area contributed by atoms with Gasteiger partial charge in [0, 0.05) is 42.3 Å². The van der Waals surface area contributed by atoms with Crippen molar-refractivity contribution in [3.63, 3.8) is 0 Å². The Balaban J connectivity index is 1.77. The van der Waals surface area contributed by atoms with E-state index in [1.165, 1.54) is 11.9 Å². The molecule has 4 heteroatoms. The van der Waals surface area contributed by atoms with E-state index in [4.69, 9.17) is 16.3 Å². The van der Waals surface area contributed by atoms with Crippen LogP contribution in [-0.4, -0.2) is 31.4 Å². The number of methoxy groups -OCH3 is 1. The van der Waals surface area contributed by atoms with Crippen LogP contribution in [0.2, 0.25) is 5.02 Å². The molecule has 3 nitrogen and oxygen atoms in total. The van der Waals surface area contributed by atoms with Crippen molar-refractivity contribution in [3.05, 3.63) is 35.5 Å². The third kappa shape index (κ3) is 3.96. The van der Waals surface area contributed by atoms with E-state index in [-0.39, 0.29) is 0 Å². The average Bonchev–Trinajstić information content (AvgIpc) is 2.83. The van der Waals surface area contributed by atoms with Crippen LogP contribution in [0.5, 0.6) is 0 Å². The fraction of sp³-hybridized carbons (Fsp3) is 0.467. The predicted octanol–water partition coefficient (Wildman–Crippen LogP) is 3.31. The summed E-state index contributed by atoms with van der Waals surface area (Å²) < 4.78 is 7.26. The maximum Gasteiger partial charge on any atom is 0.0587 e. The van der Waals surface area contributed by atoms with Crippen molar-refractivity contribution in [1.82, 2.24) is 9.88 Å². The van der Waals surface area contributed by atoms with Gasteiger partial charge in [-0.05, 0) is 37.6 Å². The summed E-state index contributed by atoms with van der Waals surface area (Å²) in [5, 5.41) is 5.33. The second-order valence-electron chi connectivity index (χ2n) is 4.63. The Bertz CT molecular complexity index is 510. The zero-order chi connectivity index (χ0) is 13.5. The molecule has 19 heavy (non-hydrogen) atoms. The summed E-state index contributed by atoms with van der Waals surface area (Å²) >= 11 is 6.17. The Labute approximate surface area is 119 Å². The Morgan fingerprint density at radius 3 is 2.95 bits per heavy atom. The van der Waals surface area contributed by atoms with Crippen LogP contribution < -0.4 is 5.32 Å². The second kappa shape index (κ2) is 7.53. The highest BCUT2D eigenvalue weighted by molar-refractivity contribution is 6.35. The molecule has 2 aromatic rings. The van der Waals surface area contributed by atoms with Gasteiger partial charge in [-0.15, -0.1) is 0 Å². The number of hydrogen-bond donors (Lipinski definition) is 1. The number of unbranched alkanes of at least 4 members (excludes halogenated alkanes) is 1. The van der Waals surface area contributed by atoms with Crippen molar-refractivity contribution in [3.8, 4) is 0 Å². The van der Waals surface area contributed by atoms with Crippen molar-refractivity contribution < 1.29 is 4.74 Å². The van der Waals surface area contributed by atoms with Gasteiger partial charge in [0.2, 0.25) is 0 Å². The van der Waals surface area contributed by atoms with Gasteiger partial charge in [0.1, 0.15) is 0 Å². The first-order valence-corrected chi connectivity index (χ1v) is 7.14. The number of halogens is 1. The average molecular weight is 281 g/mol. The molecule has 0 aliphatic heterocycles. The number of fused-ring (bicyclic) bond motifs is 1. The van der Waals surface area contributed by atoms with Crippen LogP contribution >= 0.6 is 11.6 Å². The van der Waals surface area contributed by atoms with E-state index in [1.54, 1.807) is 7.11 Å². The van der Waals surface area contributed by atoms with Gasteiger partial charge in [-0.1, -0.05) is 17.7 Å². The van der Waals surface area contributed by atoms with E-state index in [0.717, 1.165) is 43.1 Å². The Hall–Kier alpha value is -1.03. The minimum atomic E-state index is 0.779. The van der Waals surface area contributed by atoms with Gasteiger partial charge in [-0.2, -0.15) is 0 Å². The molecule has 1 N–H and O–H groups in total. The van der Waals surface area contributed by atoms with E-state index in [9.17, 15) is 0 Å². The number of ether oxygens (including phenoxy) is 1. The normalized spacial score (nSPS) is 11.3. The molecule has 0 saturated carbocycles. The molecule has 0 amide bonds. The Morgan fingerprint density at radius 1 is 1.21 bits per heavy atom. The van der Waals surface area contributed by atoms with Gasteiger partial charge < -0.3 is 14.6 Å². The van der Waals surface area contributed by atoms with Gasteiger partial charge in [0.05, 0.1) is 6.61 Å². The topological polar surface area (TPSA) is 26.2 Å². The van der Waals surface area contributed by atoms with Crippen LogP contribution in [-0.2, 0) is 11.3 Å². The van der Waals surface area contributed by atoms with Gasteiger partial charge in [0.25, 0.3) is 0 Å². The first-order chi connectivity index (χ1) is 9.33. The number of aryl methyl sites for hydroxylation is 1. The predicted molar refractivity (Wildman–Crippen MR) is 80.9 cm³/mol. The molecule has 0 aliphatic carbocycles. The molecule has 1 heterocycles. The minimum Gasteiger partial charge on any atom is -0.383 e. The second-order valence-corrected chi connectivity index (χ2v) is 5.04. The van der Waals surface area contributed by atoms with Crippen molar-refractivity contribution in [2.24, 2.45) is 0 Å². The van der Waals surface area contributed by atoms with Gasteiger partial charge in [0.15, 0.2) is 0 Å². The molecule has 0 bridgehead atoms. The summed E-state index contributed by atoms with van der Waals surface area (Å²) in [6.45, 7) is 3.79. The molecule has 2 rings (SSSR count). The minimum absolute atomic E-state index is 0.779. The highest BCUT2D eigenvalue weighted by Crippen LogP contribution is 2.24. The van der Waals surface area contributed by atoms with Gasteiger partial charge in [-0.25, -0.2) is 0 Å². The highest BCUT2D eigenvalue weighted by atomic mass is 35.5. The summed E-state index contributed by atoms with van der Waals surface area (Å²) in [6, 6.07) is 8.16. The quantitative estimate of drug-likeness (QED) is 0.751. The van der Waals surface area contributed by atoms with Crippen LogP contribution in [0.15, 0.2) is 30.5 Å². The summed E-state index contributed by atoms with van der Waals surface area (Å²) in [6.07, 6.45) is 4.45. The molecule has 0 aliphatic rings. The molecular weight excluding hydrogens is 260 g/mol. The van der Waals surface area contributed by atoms with Crippen molar-refractivity contribution in [2.75, 3.05) is 26.8 Å². The lowest BCUT2D eigenvalue weighted by Gasteiger charge is -2.07. The lowest BCUT2D eigenvalue weighted by molar-refractivity contribution is 0.199. The number of hydrogen-bond acceptors (Lipinski definition) is 2. The largest absolute Gasteiger partial charge is 0.383 e. The molecule has 104 valence electrons. The van der Waals surface area contributed by atoms with Gasteiger partial charge >= 0.3 is 0 Å². The molecule has 0 saturated heterocycles. The zero-order valence-electron chi connectivity index (χ0n) is 11.4. The molecular formula is C15H21ClN2O. The van der Waals surface area contributed by atoms with E-state index >= 15 is 0 Å². The molecule has 0 radical (unpaired) electrons. The first-order valence-electron chi connectivity index (χ1n) is 6.76. The molecule has 0 atom stereocenters. The number of rotatable bonds is 8. The summed E-state index contributed by atoms with van der Waals surface area (Å²) in [5.41, 5.74) is 1.22. The van der Waals surface area contributed by atoms with Crippen molar-refractivity contribution in [1.29, 1.82) is 0 Å². The smallest absolute Gasteiger partial charge is 0.0587 e. The molecule has 0 spiro atoms. The van der Waals surface area contributed by atoms with E-state index in [0.29, 0.717) is 0 Å². The molecule has 1 aromatic carbocycles. The lowest BCUT2D eigenvalue weighted by Crippen LogP contribution is -2.20. The summed E-state index contributed by atoms with van der Waals surface area (Å²) in [5.74, 6) is 0. The molecule has 0 unspecified atom stereocenters. The maximum absolute atomic E-state index is 6.17. The fourth-order valence-electron chi connectivity index (χ4n) is 2.21. The summed E-state index contributed by atoms with van der Waals surface area (Å²) in [4.78, 5) is 0. The third-order valence-electron chi connectivity index (χ3n) is 3.25. The van der Waals surface area contributed by atoms with Crippen LogP contribution in [0.25, 0.3) is 10.9 Å². The van der Waals surface area contributed by atoms with Crippen LogP contribution in [0, 0.1) is 0 Å². The first kappa shape index (κ1) is 14.4. The number of benzene rings is 1. The summed E-state index contributed by atoms with van der Waals surface area (Å²) in [7, 11) is 1.73. The van der Waals surface area contributed by atoms with Crippen LogP contribution in [0.4, 0.5) is 0 Å². The van der Waals surface area contributed by atoms with Crippen molar-refractivity contribution >= 4 is 22.5 Å². The van der Waals surface area contributed by atoms with Crippen LogP contribution in [0.1, 0.15) is 12.8 Å². The van der Waals surface area contributed by atoms with Crippen LogP contribution in [0.3, 0.4) is 0 Å². The highest BCUT2D eigenvalue weighted by Gasteiger charge is 2.03. The monoisotopic (exact) mass is 280 g/mol. The van der Waals surface area contributed by atoms with Crippen molar-refractivity contribution in [2.45, 2.75) is 19.4 Å². The van der Waals surface area contributed by atoms with E-state index < -0.39 is 0 Å². The standard InChI is InChI=1S/C15H21ClN2O/c1-19-12-9-17-8-2-3-10-18-11-7-13-14(16)5-4-6-15(13)18/h4-7,11,17H,2-3,8-10,12H2,1H3. The lowest BCUT2D eigenvalue weighted by atomic mass is 10.2. The molecule has 1 aromatic heterocycles. The van der Waals surface area contributed by atoms with E-state index in [2.05, 4.69) is 28.2 Å². The zero-order valence-corrected chi connectivity index (χ0v) is 12.1. The number of nitrogens with one attached hydrogen (secondary N) is 1. The van der Waals surface area contributed by atoms with Gasteiger partial charge in [-0.3, -0.25) is 0 Å². The fourth-order valence-corrected chi connectivity index (χ4v) is 2.44. The SMILES string of the molecule is COCCNCCCCn1ccc2c(Cl)cccc21.